The molecule has 0 saturated heterocycles. The highest BCUT2D eigenvalue weighted by Crippen LogP contribution is 2.27. The van der Waals surface area contributed by atoms with E-state index in [0.717, 1.165) is 19.4 Å². The summed E-state index contributed by atoms with van der Waals surface area (Å²) in [6.07, 6.45) is 6.54. The summed E-state index contributed by atoms with van der Waals surface area (Å²) in [4.78, 5) is 0. The molecule has 0 spiro atoms. The number of fused-ring (bicyclic) bond motifs is 1. The van der Waals surface area contributed by atoms with Gasteiger partial charge in [0.15, 0.2) is 0 Å². The van der Waals surface area contributed by atoms with Crippen LogP contribution in [-0.4, -0.2) is 16.3 Å². The van der Waals surface area contributed by atoms with Crippen LogP contribution in [0.5, 0.6) is 0 Å². The highest BCUT2D eigenvalue weighted by Gasteiger charge is 2.10. The Balaban J connectivity index is 2.43. The van der Waals surface area contributed by atoms with Crippen molar-refractivity contribution in [2.45, 2.75) is 58.9 Å². The summed E-state index contributed by atoms with van der Waals surface area (Å²) < 4.78 is 2.38. The van der Waals surface area contributed by atoms with Crippen molar-refractivity contribution < 1.29 is 5.11 Å². The summed E-state index contributed by atoms with van der Waals surface area (Å²) in [6, 6.07) is 6.86. The fourth-order valence-electron chi connectivity index (χ4n) is 2.73. The second-order valence-corrected chi connectivity index (χ2v) is 5.96. The Morgan fingerprint density at radius 3 is 2.65 bits per heavy atom. The Hall–Kier alpha value is -1.28. The molecule has 2 nitrogen and oxygen atoms in total. The molecule has 2 heteroatoms. The molecule has 1 aromatic heterocycles. The van der Waals surface area contributed by atoms with Crippen LogP contribution in [0.1, 0.15) is 57.1 Å². The molecule has 0 bridgehead atoms. The Labute approximate surface area is 122 Å². The van der Waals surface area contributed by atoms with Gasteiger partial charge >= 0.3 is 0 Å². The quantitative estimate of drug-likeness (QED) is 0.790. The van der Waals surface area contributed by atoms with Crippen LogP contribution >= 0.6 is 0 Å². The van der Waals surface area contributed by atoms with Crippen LogP contribution in [0.4, 0.5) is 0 Å². The van der Waals surface area contributed by atoms with Crippen molar-refractivity contribution in [3.63, 3.8) is 0 Å². The zero-order valence-corrected chi connectivity index (χ0v) is 13.0. The molecule has 1 aromatic carbocycles. The lowest BCUT2D eigenvalue weighted by Gasteiger charge is -2.08. The normalized spacial score (nSPS) is 11.7. The number of benzene rings is 1. The van der Waals surface area contributed by atoms with Crippen molar-refractivity contribution in [1.82, 2.24) is 4.57 Å². The molecule has 0 amide bonds. The van der Waals surface area contributed by atoms with Gasteiger partial charge in [-0.15, -0.1) is 0 Å². The summed E-state index contributed by atoms with van der Waals surface area (Å²) >= 11 is 0. The third-order valence-electron chi connectivity index (χ3n) is 4.01. The van der Waals surface area contributed by atoms with Crippen LogP contribution in [-0.2, 0) is 13.0 Å². The van der Waals surface area contributed by atoms with Crippen LogP contribution in [0.2, 0.25) is 0 Å². The topological polar surface area (TPSA) is 25.2 Å². The summed E-state index contributed by atoms with van der Waals surface area (Å²) in [6.45, 7) is 8.07. The van der Waals surface area contributed by atoms with Crippen LogP contribution in [0.15, 0.2) is 24.4 Å². The van der Waals surface area contributed by atoms with Crippen molar-refractivity contribution >= 4 is 10.9 Å². The molecule has 0 saturated carbocycles. The molecule has 2 rings (SSSR count). The molecule has 20 heavy (non-hydrogen) atoms. The Bertz CT molecular complexity index is 554. The molecule has 1 heterocycles. The molecule has 0 unspecified atom stereocenters. The van der Waals surface area contributed by atoms with Gasteiger partial charge in [0.1, 0.15) is 0 Å². The van der Waals surface area contributed by atoms with Crippen LogP contribution in [0.25, 0.3) is 10.9 Å². The Morgan fingerprint density at radius 2 is 2.00 bits per heavy atom. The Kier molecular flexibility index (Phi) is 5.24. The van der Waals surface area contributed by atoms with Gasteiger partial charge in [0.25, 0.3) is 0 Å². The number of hydrogen-bond donors (Lipinski definition) is 1. The third-order valence-corrected chi connectivity index (χ3v) is 4.01. The lowest BCUT2D eigenvalue weighted by atomic mass is 9.99. The molecule has 1 N–H and O–H groups in total. The predicted molar refractivity (Wildman–Crippen MR) is 86.3 cm³/mol. The average molecular weight is 273 g/mol. The number of hydrogen-bond acceptors (Lipinski definition) is 1. The van der Waals surface area contributed by atoms with Crippen molar-refractivity contribution in [3.8, 4) is 0 Å². The minimum absolute atomic E-state index is 0.269. The molecule has 0 aliphatic carbocycles. The van der Waals surface area contributed by atoms with E-state index in [0.29, 0.717) is 5.92 Å². The first-order chi connectivity index (χ1) is 9.67. The molecular weight excluding hydrogens is 246 g/mol. The van der Waals surface area contributed by atoms with Gasteiger partial charge in [-0.3, -0.25) is 0 Å². The third kappa shape index (κ3) is 3.24. The van der Waals surface area contributed by atoms with E-state index in [-0.39, 0.29) is 6.61 Å². The number of aryl methyl sites for hydroxylation is 2. The van der Waals surface area contributed by atoms with Crippen molar-refractivity contribution in [1.29, 1.82) is 0 Å². The zero-order chi connectivity index (χ0) is 14.5. The second kappa shape index (κ2) is 6.94. The maximum atomic E-state index is 9.08. The molecule has 110 valence electrons. The standard InChI is InChI=1S/C18H27NO/c1-4-5-10-19-13-16(7-6-11-20)17-12-15(14(2)3)8-9-18(17)19/h8-9,12-14,20H,4-7,10-11H2,1-3H3. The second-order valence-electron chi connectivity index (χ2n) is 5.96. The van der Waals surface area contributed by atoms with Gasteiger partial charge in [0.05, 0.1) is 0 Å². The molecule has 0 fully saturated rings. The van der Waals surface area contributed by atoms with E-state index in [9.17, 15) is 0 Å². The van der Waals surface area contributed by atoms with Gasteiger partial charge in [0.2, 0.25) is 0 Å². The molecule has 0 aliphatic heterocycles. The molecule has 0 radical (unpaired) electrons. The first-order valence-corrected chi connectivity index (χ1v) is 7.90. The van der Waals surface area contributed by atoms with Crippen LogP contribution in [0, 0.1) is 0 Å². The fourth-order valence-corrected chi connectivity index (χ4v) is 2.73. The van der Waals surface area contributed by atoms with Gasteiger partial charge in [-0.2, -0.15) is 0 Å². The largest absolute Gasteiger partial charge is 0.396 e. The SMILES string of the molecule is CCCCn1cc(CCCO)c2cc(C(C)C)ccc21. The van der Waals surface area contributed by atoms with Crippen molar-refractivity contribution in [3.05, 3.63) is 35.5 Å². The van der Waals surface area contributed by atoms with Crippen LogP contribution in [0.3, 0.4) is 0 Å². The van der Waals surface area contributed by atoms with Gasteiger partial charge in [-0.25, -0.2) is 0 Å². The lowest BCUT2D eigenvalue weighted by molar-refractivity contribution is 0.288. The molecule has 0 aliphatic rings. The number of unbranched alkanes of at least 4 members (excludes halogenated alkanes) is 1. The summed E-state index contributed by atoms with van der Waals surface area (Å²) in [5.74, 6) is 0.559. The number of aromatic nitrogens is 1. The number of aliphatic hydroxyl groups excluding tert-OH is 1. The van der Waals surface area contributed by atoms with E-state index in [1.54, 1.807) is 0 Å². The summed E-state index contributed by atoms with van der Waals surface area (Å²) in [7, 11) is 0. The summed E-state index contributed by atoms with van der Waals surface area (Å²) in [5.41, 5.74) is 4.12. The monoisotopic (exact) mass is 273 g/mol. The minimum Gasteiger partial charge on any atom is -0.396 e. The minimum atomic E-state index is 0.269. The average Bonchev–Trinajstić information content (AvgIpc) is 2.80. The highest BCUT2D eigenvalue weighted by atomic mass is 16.2. The van der Waals surface area contributed by atoms with E-state index < -0.39 is 0 Å². The van der Waals surface area contributed by atoms with Gasteiger partial charge in [-0.1, -0.05) is 33.3 Å². The summed E-state index contributed by atoms with van der Waals surface area (Å²) in [5, 5.41) is 10.5. The number of rotatable bonds is 7. The first-order valence-electron chi connectivity index (χ1n) is 7.90. The first kappa shape index (κ1) is 15.1. The number of aliphatic hydroxyl groups is 1. The lowest BCUT2D eigenvalue weighted by Crippen LogP contribution is -1.95. The van der Waals surface area contributed by atoms with E-state index in [1.807, 2.05) is 0 Å². The Morgan fingerprint density at radius 1 is 1.20 bits per heavy atom. The van der Waals surface area contributed by atoms with Gasteiger partial charge in [-0.05, 0) is 48.4 Å². The predicted octanol–water partition coefficient (Wildman–Crippen LogP) is 4.49. The van der Waals surface area contributed by atoms with Gasteiger partial charge in [0, 0.05) is 30.3 Å². The fraction of sp³-hybridized carbons (Fsp3) is 0.556. The van der Waals surface area contributed by atoms with E-state index in [1.165, 1.54) is 34.9 Å². The molecule has 0 atom stereocenters. The van der Waals surface area contributed by atoms with Gasteiger partial charge < -0.3 is 9.67 Å². The smallest absolute Gasteiger partial charge is 0.0483 e. The van der Waals surface area contributed by atoms with Crippen molar-refractivity contribution in [2.75, 3.05) is 6.61 Å². The highest BCUT2D eigenvalue weighted by molar-refractivity contribution is 5.85. The van der Waals surface area contributed by atoms with E-state index >= 15 is 0 Å². The van der Waals surface area contributed by atoms with E-state index in [2.05, 4.69) is 49.7 Å². The maximum Gasteiger partial charge on any atom is 0.0483 e. The van der Waals surface area contributed by atoms with Crippen LogP contribution < -0.4 is 0 Å². The molecule has 2 aromatic rings. The number of nitrogens with zero attached hydrogens (tertiary/aromatic N) is 1. The maximum absolute atomic E-state index is 9.08. The van der Waals surface area contributed by atoms with E-state index in [4.69, 9.17) is 5.11 Å². The molecular formula is C18H27NO. The zero-order valence-electron chi connectivity index (χ0n) is 13.0. The van der Waals surface area contributed by atoms with Crippen molar-refractivity contribution in [2.24, 2.45) is 0 Å².